The topological polar surface area (TPSA) is 77.0 Å². The van der Waals surface area contributed by atoms with Crippen LogP contribution in [0.4, 0.5) is 5.82 Å². The lowest BCUT2D eigenvalue weighted by Crippen LogP contribution is -2.36. The highest BCUT2D eigenvalue weighted by Crippen LogP contribution is 2.38. The minimum atomic E-state index is 0.411. The van der Waals surface area contributed by atoms with Gasteiger partial charge in [-0.15, -0.1) is 10.2 Å². The summed E-state index contributed by atoms with van der Waals surface area (Å²) in [5.41, 5.74) is 0.966. The molecule has 3 aromatic rings. The van der Waals surface area contributed by atoms with E-state index in [1.807, 2.05) is 17.8 Å². The minimum Gasteiger partial charge on any atom is -0.356 e. The Balaban J connectivity index is 1.48. The molecular formula is C16H20N8. The van der Waals surface area contributed by atoms with Crippen molar-refractivity contribution in [2.75, 3.05) is 18.0 Å². The van der Waals surface area contributed by atoms with Gasteiger partial charge in [-0.05, 0) is 32.6 Å². The van der Waals surface area contributed by atoms with Crippen LogP contribution in [0.5, 0.6) is 0 Å². The molecule has 5 rings (SSSR count). The van der Waals surface area contributed by atoms with E-state index in [0.717, 1.165) is 43.3 Å². The van der Waals surface area contributed by atoms with Gasteiger partial charge in [0.25, 0.3) is 5.78 Å². The first-order valence-corrected chi connectivity index (χ1v) is 8.61. The summed E-state index contributed by atoms with van der Waals surface area (Å²) in [6.45, 7) is 3.96. The van der Waals surface area contributed by atoms with E-state index in [1.165, 1.54) is 12.8 Å². The molecule has 0 spiro atoms. The number of hydrogen-bond donors (Lipinski definition) is 0. The number of hydrogen-bond acceptors (Lipinski definition) is 6. The van der Waals surface area contributed by atoms with Gasteiger partial charge < -0.3 is 9.47 Å². The Bertz CT molecular complexity index is 877. The van der Waals surface area contributed by atoms with E-state index >= 15 is 0 Å². The van der Waals surface area contributed by atoms with E-state index in [1.54, 1.807) is 6.33 Å². The molecule has 2 aliphatic rings. The molecule has 4 heterocycles. The normalized spacial score (nSPS) is 21.5. The number of piperidine rings is 1. The summed E-state index contributed by atoms with van der Waals surface area (Å²) < 4.78 is 4.12. The molecule has 0 bridgehead atoms. The zero-order valence-corrected chi connectivity index (χ0v) is 13.7. The zero-order chi connectivity index (χ0) is 16.1. The van der Waals surface area contributed by atoms with Gasteiger partial charge in [-0.1, -0.05) is 0 Å². The van der Waals surface area contributed by atoms with Crippen molar-refractivity contribution in [3.05, 3.63) is 30.2 Å². The number of fused-ring (bicyclic) bond motifs is 1. The number of aromatic nitrogens is 7. The van der Waals surface area contributed by atoms with Crippen molar-refractivity contribution >= 4 is 11.6 Å². The molecule has 1 aliphatic carbocycles. The molecule has 0 radical (unpaired) electrons. The monoisotopic (exact) mass is 324 g/mol. The lowest BCUT2D eigenvalue weighted by Gasteiger charge is -2.34. The summed E-state index contributed by atoms with van der Waals surface area (Å²) in [5.74, 6) is 3.28. The maximum atomic E-state index is 4.44. The van der Waals surface area contributed by atoms with Gasteiger partial charge in [0.1, 0.15) is 24.3 Å². The average molecular weight is 324 g/mol. The molecule has 2 fully saturated rings. The van der Waals surface area contributed by atoms with Gasteiger partial charge in [-0.2, -0.15) is 14.6 Å². The van der Waals surface area contributed by atoms with Crippen molar-refractivity contribution < 1.29 is 0 Å². The molecule has 8 nitrogen and oxygen atoms in total. The summed E-state index contributed by atoms with van der Waals surface area (Å²) in [6.07, 6.45) is 8.27. The Morgan fingerprint density at radius 2 is 2.12 bits per heavy atom. The van der Waals surface area contributed by atoms with Gasteiger partial charge >= 0.3 is 0 Å². The standard InChI is InChI=1S/C16H20N8/c1-11-7-14(24-16(20-11)17-9-19-24)22-6-2-3-12(8-22)15-21-18-10-23(15)13-4-5-13/h7,9-10,12-13H,2-6,8H2,1H3. The Labute approximate surface area is 139 Å². The summed E-state index contributed by atoms with van der Waals surface area (Å²) in [7, 11) is 0. The van der Waals surface area contributed by atoms with Gasteiger partial charge in [0, 0.05) is 36.8 Å². The van der Waals surface area contributed by atoms with Crippen LogP contribution in [-0.4, -0.2) is 47.4 Å². The molecule has 8 heteroatoms. The summed E-state index contributed by atoms with van der Waals surface area (Å²) in [6, 6.07) is 2.71. The smallest absolute Gasteiger partial charge is 0.254 e. The predicted molar refractivity (Wildman–Crippen MR) is 88.0 cm³/mol. The van der Waals surface area contributed by atoms with Crippen molar-refractivity contribution in [3.63, 3.8) is 0 Å². The molecule has 0 N–H and O–H groups in total. The third-order valence-electron chi connectivity index (χ3n) is 5.01. The third-order valence-corrected chi connectivity index (χ3v) is 5.01. The van der Waals surface area contributed by atoms with Crippen LogP contribution in [0.25, 0.3) is 5.78 Å². The van der Waals surface area contributed by atoms with Gasteiger partial charge in [0.05, 0.1) is 0 Å². The largest absolute Gasteiger partial charge is 0.356 e. The van der Waals surface area contributed by atoms with Crippen LogP contribution in [-0.2, 0) is 0 Å². The van der Waals surface area contributed by atoms with Crippen molar-refractivity contribution in [2.45, 2.75) is 44.6 Å². The fourth-order valence-corrected chi connectivity index (χ4v) is 3.71. The summed E-state index contributed by atoms with van der Waals surface area (Å²) in [5, 5.41) is 13.0. The molecule has 1 aliphatic heterocycles. The Hall–Kier alpha value is -2.51. The number of nitrogens with zero attached hydrogens (tertiary/aromatic N) is 8. The third kappa shape index (κ3) is 2.24. The molecule has 24 heavy (non-hydrogen) atoms. The second-order valence-electron chi connectivity index (χ2n) is 6.84. The molecule has 1 atom stereocenters. The second-order valence-corrected chi connectivity index (χ2v) is 6.84. The maximum Gasteiger partial charge on any atom is 0.254 e. The number of aryl methyl sites for hydroxylation is 1. The molecule has 124 valence electrons. The van der Waals surface area contributed by atoms with Crippen LogP contribution in [0.15, 0.2) is 18.7 Å². The van der Waals surface area contributed by atoms with Gasteiger partial charge in [0.15, 0.2) is 0 Å². The first-order chi connectivity index (χ1) is 11.8. The van der Waals surface area contributed by atoms with E-state index in [-0.39, 0.29) is 0 Å². The number of anilines is 1. The van der Waals surface area contributed by atoms with Gasteiger partial charge in [0.2, 0.25) is 0 Å². The summed E-state index contributed by atoms with van der Waals surface area (Å²) >= 11 is 0. The van der Waals surface area contributed by atoms with Gasteiger partial charge in [-0.3, -0.25) is 0 Å². The fraction of sp³-hybridized carbons (Fsp3) is 0.562. The molecular weight excluding hydrogens is 304 g/mol. The van der Waals surface area contributed by atoms with Crippen LogP contribution < -0.4 is 4.90 Å². The van der Waals surface area contributed by atoms with Crippen molar-refractivity contribution in [3.8, 4) is 0 Å². The molecule has 3 aromatic heterocycles. The first kappa shape index (κ1) is 13.9. The quantitative estimate of drug-likeness (QED) is 0.730. The van der Waals surface area contributed by atoms with Crippen LogP contribution in [0.1, 0.15) is 49.2 Å². The summed E-state index contributed by atoms with van der Waals surface area (Å²) in [4.78, 5) is 11.1. The van der Waals surface area contributed by atoms with E-state index < -0.39 is 0 Å². The van der Waals surface area contributed by atoms with Crippen LogP contribution in [0, 0.1) is 6.92 Å². The van der Waals surface area contributed by atoms with Crippen molar-refractivity contribution in [1.82, 2.24) is 34.3 Å². The van der Waals surface area contributed by atoms with Crippen LogP contribution in [0.3, 0.4) is 0 Å². The maximum absolute atomic E-state index is 4.44. The Morgan fingerprint density at radius 3 is 3.00 bits per heavy atom. The lowest BCUT2D eigenvalue weighted by atomic mass is 9.97. The van der Waals surface area contributed by atoms with Crippen LogP contribution in [0.2, 0.25) is 0 Å². The molecule has 0 amide bonds. The molecule has 1 unspecified atom stereocenters. The fourth-order valence-electron chi connectivity index (χ4n) is 3.71. The van der Waals surface area contributed by atoms with Gasteiger partial charge in [-0.25, -0.2) is 4.98 Å². The lowest BCUT2D eigenvalue weighted by molar-refractivity contribution is 0.467. The highest BCUT2D eigenvalue weighted by molar-refractivity contribution is 5.47. The average Bonchev–Trinajstić information content (AvgIpc) is 3.13. The van der Waals surface area contributed by atoms with E-state index in [2.05, 4.69) is 40.8 Å². The van der Waals surface area contributed by atoms with Crippen molar-refractivity contribution in [1.29, 1.82) is 0 Å². The molecule has 1 saturated carbocycles. The minimum absolute atomic E-state index is 0.411. The molecule has 1 saturated heterocycles. The predicted octanol–water partition coefficient (Wildman–Crippen LogP) is 1.74. The zero-order valence-electron chi connectivity index (χ0n) is 13.7. The Kier molecular flexibility index (Phi) is 3.04. The Morgan fingerprint density at radius 1 is 1.21 bits per heavy atom. The second kappa shape index (κ2) is 5.25. The van der Waals surface area contributed by atoms with E-state index in [9.17, 15) is 0 Å². The first-order valence-electron chi connectivity index (χ1n) is 8.61. The van der Waals surface area contributed by atoms with Crippen molar-refractivity contribution in [2.24, 2.45) is 0 Å². The SMILES string of the molecule is Cc1cc(N2CCCC(c3nncn3C3CC3)C2)n2ncnc2n1. The number of rotatable bonds is 3. The van der Waals surface area contributed by atoms with E-state index in [4.69, 9.17) is 0 Å². The molecule has 0 aromatic carbocycles. The highest BCUT2D eigenvalue weighted by Gasteiger charge is 2.32. The van der Waals surface area contributed by atoms with Crippen LogP contribution >= 0.6 is 0 Å². The van der Waals surface area contributed by atoms with E-state index in [0.29, 0.717) is 17.7 Å². The highest BCUT2D eigenvalue weighted by atomic mass is 15.4.